The van der Waals surface area contributed by atoms with E-state index in [0.29, 0.717) is 18.5 Å². The molecule has 90 valence electrons. The Morgan fingerprint density at radius 2 is 2.35 bits per heavy atom. The van der Waals surface area contributed by atoms with E-state index in [4.69, 9.17) is 4.42 Å². The van der Waals surface area contributed by atoms with Crippen molar-refractivity contribution in [1.82, 2.24) is 9.78 Å². The highest BCUT2D eigenvalue weighted by atomic mass is 16.3. The Labute approximate surface area is 100 Å². The third-order valence-corrected chi connectivity index (χ3v) is 2.62. The standard InChI is InChI=1S/C13H16N2O2/c1-2-9-15-12(7-8-14-15)13(16)6-5-11-4-3-10-17-11/h3-4,7-8,10H,2,5-6,9H2,1H3. The van der Waals surface area contributed by atoms with Crippen molar-refractivity contribution in [3.8, 4) is 0 Å². The largest absolute Gasteiger partial charge is 0.469 e. The topological polar surface area (TPSA) is 48.0 Å². The predicted molar refractivity (Wildman–Crippen MR) is 63.9 cm³/mol. The number of carbonyl (C=O) groups excluding carboxylic acids is 1. The number of aromatic nitrogens is 2. The number of ketones is 1. The molecule has 17 heavy (non-hydrogen) atoms. The van der Waals surface area contributed by atoms with E-state index in [0.717, 1.165) is 18.7 Å². The van der Waals surface area contributed by atoms with Gasteiger partial charge in [-0.1, -0.05) is 6.92 Å². The highest BCUT2D eigenvalue weighted by molar-refractivity contribution is 5.94. The molecule has 0 saturated carbocycles. The van der Waals surface area contributed by atoms with Gasteiger partial charge in [-0.2, -0.15) is 5.10 Å². The van der Waals surface area contributed by atoms with Gasteiger partial charge in [-0.25, -0.2) is 0 Å². The van der Waals surface area contributed by atoms with Crippen LogP contribution in [0, 0.1) is 0 Å². The molecular weight excluding hydrogens is 216 g/mol. The van der Waals surface area contributed by atoms with Gasteiger partial charge in [-0.15, -0.1) is 0 Å². The van der Waals surface area contributed by atoms with E-state index >= 15 is 0 Å². The molecule has 0 aliphatic carbocycles. The summed E-state index contributed by atoms with van der Waals surface area (Å²) in [6.45, 7) is 2.85. The number of Topliss-reactive ketones (excluding diaryl/α,β-unsaturated/α-hetero) is 1. The summed E-state index contributed by atoms with van der Waals surface area (Å²) < 4.78 is 6.97. The van der Waals surface area contributed by atoms with E-state index < -0.39 is 0 Å². The number of nitrogens with zero attached hydrogens (tertiary/aromatic N) is 2. The van der Waals surface area contributed by atoms with Crippen molar-refractivity contribution >= 4 is 5.78 Å². The third-order valence-electron chi connectivity index (χ3n) is 2.62. The Morgan fingerprint density at radius 3 is 3.06 bits per heavy atom. The summed E-state index contributed by atoms with van der Waals surface area (Å²) in [5.41, 5.74) is 0.693. The molecule has 2 rings (SSSR count). The zero-order valence-corrected chi connectivity index (χ0v) is 9.93. The molecule has 0 bridgehead atoms. The SMILES string of the molecule is CCCn1nccc1C(=O)CCc1ccco1. The van der Waals surface area contributed by atoms with Crippen LogP contribution in [0.15, 0.2) is 35.1 Å². The van der Waals surface area contributed by atoms with Crippen LogP contribution in [0.4, 0.5) is 0 Å². The quantitative estimate of drug-likeness (QED) is 0.719. The van der Waals surface area contributed by atoms with Crippen LogP contribution >= 0.6 is 0 Å². The second kappa shape index (κ2) is 5.48. The van der Waals surface area contributed by atoms with Gasteiger partial charge >= 0.3 is 0 Å². The molecule has 0 aromatic carbocycles. The molecule has 0 aliphatic rings. The van der Waals surface area contributed by atoms with Gasteiger partial charge < -0.3 is 4.42 Å². The van der Waals surface area contributed by atoms with Crippen molar-refractivity contribution in [1.29, 1.82) is 0 Å². The Hall–Kier alpha value is -1.84. The molecule has 0 radical (unpaired) electrons. The van der Waals surface area contributed by atoms with Gasteiger partial charge in [-0.05, 0) is 24.6 Å². The first-order valence-corrected chi connectivity index (χ1v) is 5.88. The molecule has 0 amide bonds. The van der Waals surface area contributed by atoms with Crippen LogP contribution in [0.3, 0.4) is 0 Å². The number of hydrogen-bond acceptors (Lipinski definition) is 3. The van der Waals surface area contributed by atoms with Crippen LogP contribution in [-0.4, -0.2) is 15.6 Å². The normalized spacial score (nSPS) is 10.6. The second-order valence-electron chi connectivity index (χ2n) is 3.94. The Bertz CT molecular complexity index is 471. The lowest BCUT2D eigenvalue weighted by Crippen LogP contribution is -2.11. The lowest BCUT2D eigenvalue weighted by Gasteiger charge is -2.04. The summed E-state index contributed by atoms with van der Waals surface area (Å²) in [7, 11) is 0. The number of carbonyl (C=O) groups is 1. The smallest absolute Gasteiger partial charge is 0.181 e. The number of hydrogen-bond donors (Lipinski definition) is 0. The van der Waals surface area contributed by atoms with Crippen LogP contribution < -0.4 is 0 Å². The average Bonchev–Trinajstić information content (AvgIpc) is 2.97. The highest BCUT2D eigenvalue weighted by Gasteiger charge is 2.12. The van der Waals surface area contributed by atoms with E-state index in [1.165, 1.54) is 0 Å². The van der Waals surface area contributed by atoms with Crippen molar-refractivity contribution < 1.29 is 9.21 Å². The van der Waals surface area contributed by atoms with Gasteiger partial charge in [0.2, 0.25) is 0 Å². The molecular formula is C13H16N2O2. The van der Waals surface area contributed by atoms with Crippen molar-refractivity contribution in [2.45, 2.75) is 32.7 Å². The van der Waals surface area contributed by atoms with E-state index in [1.807, 2.05) is 12.1 Å². The molecule has 2 aromatic heterocycles. The summed E-state index contributed by atoms with van der Waals surface area (Å²) in [6.07, 6.45) is 5.38. The minimum absolute atomic E-state index is 0.118. The Kier molecular flexibility index (Phi) is 3.75. The first-order valence-electron chi connectivity index (χ1n) is 5.88. The van der Waals surface area contributed by atoms with Gasteiger partial charge in [0.1, 0.15) is 11.5 Å². The van der Waals surface area contributed by atoms with Gasteiger partial charge in [0.25, 0.3) is 0 Å². The minimum Gasteiger partial charge on any atom is -0.469 e. The first kappa shape index (κ1) is 11.6. The molecule has 0 fully saturated rings. The summed E-state index contributed by atoms with van der Waals surface area (Å²) in [4.78, 5) is 12.0. The van der Waals surface area contributed by atoms with Gasteiger partial charge in [-0.3, -0.25) is 9.48 Å². The zero-order chi connectivity index (χ0) is 12.1. The predicted octanol–water partition coefficient (Wildman–Crippen LogP) is 2.70. The van der Waals surface area contributed by atoms with Crippen LogP contribution in [0.5, 0.6) is 0 Å². The molecule has 0 N–H and O–H groups in total. The molecule has 0 aliphatic heterocycles. The average molecular weight is 232 g/mol. The minimum atomic E-state index is 0.118. The summed E-state index contributed by atoms with van der Waals surface area (Å²) >= 11 is 0. The molecule has 0 saturated heterocycles. The van der Waals surface area contributed by atoms with E-state index in [1.54, 1.807) is 23.2 Å². The van der Waals surface area contributed by atoms with Crippen LogP contribution in [0.2, 0.25) is 0 Å². The van der Waals surface area contributed by atoms with Gasteiger partial charge in [0.15, 0.2) is 5.78 Å². The fraction of sp³-hybridized carbons (Fsp3) is 0.385. The molecule has 0 unspecified atom stereocenters. The van der Waals surface area contributed by atoms with Crippen LogP contribution in [0.1, 0.15) is 36.0 Å². The summed E-state index contributed by atoms with van der Waals surface area (Å²) in [5, 5.41) is 4.14. The Balaban J connectivity index is 1.97. The molecule has 4 heteroatoms. The fourth-order valence-electron chi connectivity index (χ4n) is 1.78. The fourth-order valence-corrected chi connectivity index (χ4v) is 1.78. The highest BCUT2D eigenvalue weighted by Crippen LogP contribution is 2.09. The molecule has 4 nitrogen and oxygen atoms in total. The first-order chi connectivity index (χ1) is 8.31. The van der Waals surface area contributed by atoms with E-state index in [2.05, 4.69) is 12.0 Å². The van der Waals surface area contributed by atoms with Gasteiger partial charge in [0.05, 0.1) is 6.26 Å². The summed E-state index contributed by atoms with van der Waals surface area (Å²) in [5.74, 6) is 0.965. The van der Waals surface area contributed by atoms with Crippen molar-refractivity contribution in [2.24, 2.45) is 0 Å². The maximum atomic E-state index is 12.0. The van der Waals surface area contributed by atoms with E-state index in [9.17, 15) is 4.79 Å². The van der Waals surface area contributed by atoms with Crippen LogP contribution in [0.25, 0.3) is 0 Å². The van der Waals surface area contributed by atoms with Crippen molar-refractivity contribution in [3.63, 3.8) is 0 Å². The maximum absolute atomic E-state index is 12.0. The maximum Gasteiger partial charge on any atom is 0.181 e. The lowest BCUT2D eigenvalue weighted by atomic mass is 10.1. The van der Waals surface area contributed by atoms with Crippen molar-refractivity contribution in [3.05, 3.63) is 42.1 Å². The second-order valence-corrected chi connectivity index (χ2v) is 3.94. The molecule has 0 atom stereocenters. The zero-order valence-electron chi connectivity index (χ0n) is 9.93. The Morgan fingerprint density at radius 1 is 1.47 bits per heavy atom. The number of furan rings is 1. The van der Waals surface area contributed by atoms with Gasteiger partial charge in [0, 0.05) is 25.6 Å². The van der Waals surface area contributed by atoms with Crippen LogP contribution in [-0.2, 0) is 13.0 Å². The van der Waals surface area contributed by atoms with E-state index in [-0.39, 0.29) is 5.78 Å². The number of aryl methyl sites for hydroxylation is 2. The monoisotopic (exact) mass is 232 g/mol. The summed E-state index contributed by atoms with van der Waals surface area (Å²) in [6, 6.07) is 5.50. The molecule has 2 heterocycles. The third kappa shape index (κ3) is 2.84. The number of rotatable bonds is 6. The van der Waals surface area contributed by atoms with Crippen molar-refractivity contribution in [2.75, 3.05) is 0 Å². The molecule has 0 spiro atoms. The molecule has 2 aromatic rings. The lowest BCUT2D eigenvalue weighted by molar-refractivity contribution is 0.0970.